The van der Waals surface area contributed by atoms with Gasteiger partial charge in [-0.15, -0.1) is 0 Å². The van der Waals surface area contributed by atoms with Crippen LogP contribution in [0.3, 0.4) is 0 Å². The molecular formula is C23H33NO8. The predicted octanol–water partition coefficient (Wildman–Crippen LogP) is 1.28. The van der Waals surface area contributed by atoms with Gasteiger partial charge in [0.1, 0.15) is 12.2 Å². The molecule has 2 saturated heterocycles. The standard InChI is InChI=1S/C23H33NO8/c1-2-17(29-13-5-3-4-6-13)31-22(26)18-14-11-15-19(18)23(27)32-21(15)20(14)30-16(25)12-24-7-9-28-10-8-24/h13-15,17-21H,2-12H2,1H3. The third kappa shape index (κ3) is 4.15. The summed E-state index contributed by atoms with van der Waals surface area (Å²) in [5.41, 5.74) is 0. The quantitative estimate of drug-likeness (QED) is 0.307. The summed E-state index contributed by atoms with van der Waals surface area (Å²) in [5.74, 6) is -2.66. The number of fused-ring (bicyclic) bond motifs is 1. The molecule has 32 heavy (non-hydrogen) atoms. The molecule has 2 aliphatic heterocycles. The normalized spacial score (nSPS) is 37.5. The van der Waals surface area contributed by atoms with E-state index < -0.39 is 36.3 Å². The van der Waals surface area contributed by atoms with E-state index in [2.05, 4.69) is 0 Å². The molecule has 0 amide bonds. The van der Waals surface area contributed by atoms with E-state index in [1.807, 2.05) is 11.8 Å². The van der Waals surface area contributed by atoms with Gasteiger partial charge in [0.05, 0.1) is 37.7 Å². The van der Waals surface area contributed by atoms with E-state index in [1.54, 1.807) is 0 Å². The highest BCUT2D eigenvalue weighted by Gasteiger charge is 2.70. The zero-order chi connectivity index (χ0) is 22.2. The number of hydrogen-bond donors (Lipinski definition) is 0. The second kappa shape index (κ2) is 9.27. The Morgan fingerprint density at radius 2 is 1.91 bits per heavy atom. The molecule has 3 saturated carbocycles. The Hall–Kier alpha value is -1.71. The number of hydrogen-bond acceptors (Lipinski definition) is 9. The summed E-state index contributed by atoms with van der Waals surface area (Å²) in [6.07, 6.45) is 3.90. The van der Waals surface area contributed by atoms with Crippen LogP contribution in [0.4, 0.5) is 0 Å². The Labute approximate surface area is 188 Å². The van der Waals surface area contributed by atoms with Gasteiger partial charge in [-0.1, -0.05) is 19.8 Å². The molecular weight excluding hydrogens is 418 g/mol. The molecule has 3 aliphatic carbocycles. The first-order chi connectivity index (χ1) is 15.5. The van der Waals surface area contributed by atoms with E-state index in [1.165, 1.54) is 0 Å². The van der Waals surface area contributed by atoms with Gasteiger partial charge in [-0.2, -0.15) is 0 Å². The maximum atomic E-state index is 13.2. The van der Waals surface area contributed by atoms with Gasteiger partial charge >= 0.3 is 17.9 Å². The monoisotopic (exact) mass is 451 g/mol. The minimum atomic E-state index is -0.645. The molecule has 5 fully saturated rings. The lowest BCUT2D eigenvalue weighted by molar-refractivity contribution is -0.199. The van der Waals surface area contributed by atoms with Crippen LogP contribution < -0.4 is 0 Å². The van der Waals surface area contributed by atoms with Gasteiger partial charge in [-0.3, -0.25) is 19.3 Å². The van der Waals surface area contributed by atoms with Crippen molar-refractivity contribution in [3.8, 4) is 0 Å². The van der Waals surface area contributed by atoms with Gasteiger partial charge in [0.2, 0.25) is 6.29 Å². The van der Waals surface area contributed by atoms with E-state index in [-0.39, 0.29) is 36.4 Å². The van der Waals surface area contributed by atoms with Crippen LogP contribution in [0.2, 0.25) is 0 Å². The van der Waals surface area contributed by atoms with E-state index in [4.69, 9.17) is 23.7 Å². The molecule has 178 valence electrons. The number of carbonyl (C=O) groups excluding carboxylic acids is 3. The van der Waals surface area contributed by atoms with Gasteiger partial charge < -0.3 is 23.7 Å². The summed E-state index contributed by atoms with van der Waals surface area (Å²) < 4.78 is 28.4. The van der Waals surface area contributed by atoms with Gasteiger partial charge in [-0.05, 0) is 19.3 Å². The highest BCUT2D eigenvalue weighted by molar-refractivity contribution is 5.86. The maximum Gasteiger partial charge on any atom is 0.320 e. The Balaban J connectivity index is 1.23. The maximum absolute atomic E-state index is 13.2. The number of ether oxygens (including phenoxy) is 5. The van der Waals surface area contributed by atoms with Crippen molar-refractivity contribution >= 4 is 17.9 Å². The van der Waals surface area contributed by atoms with Crippen molar-refractivity contribution in [2.45, 2.75) is 70.1 Å². The lowest BCUT2D eigenvalue weighted by Crippen LogP contribution is -2.46. The Morgan fingerprint density at radius 3 is 2.62 bits per heavy atom. The minimum absolute atomic E-state index is 0.0953. The Morgan fingerprint density at radius 1 is 1.16 bits per heavy atom. The van der Waals surface area contributed by atoms with Crippen molar-refractivity contribution in [2.24, 2.45) is 23.7 Å². The largest absolute Gasteiger partial charge is 0.458 e. The highest BCUT2D eigenvalue weighted by atomic mass is 16.7. The lowest BCUT2D eigenvalue weighted by atomic mass is 9.78. The molecule has 9 heteroatoms. The Bertz CT molecular complexity index is 732. The molecule has 5 rings (SSSR count). The van der Waals surface area contributed by atoms with Crippen molar-refractivity contribution in [3.05, 3.63) is 0 Å². The fraction of sp³-hybridized carbons (Fsp3) is 0.870. The smallest absolute Gasteiger partial charge is 0.320 e. The van der Waals surface area contributed by atoms with Crippen molar-refractivity contribution < 1.29 is 38.1 Å². The second-order valence-electron chi connectivity index (χ2n) is 9.68. The van der Waals surface area contributed by atoms with E-state index in [0.717, 1.165) is 25.7 Å². The van der Waals surface area contributed by atoms with Gasteiger partial charge in [-0.25, -0.2) is 0 Å². The molecule has 0 N–H and O–H groups in total. The van der Waals surface area contributed by atoms with Crippen LogP contribution in [0.25, 0.3) is 0 Å². The second-order valence-corrected chi connectivity index (χ2v) is 9.68. The molecule has 2 heterocycles. The SMILES string of the molecule is CCC(OC(=O)C1C2CC3C(OC(=O)C31)C2OC(=O)CN1CCOCC1)OC1CCCC1. The molecule has 9 nitrogen and oxygen atoms in total. The summed E-state index contributed by atoms with van der Waals surface area (Å²) in [4.78, 5) is 40.4. The molecule has 0 aromatic heterocycles. The highest BCUT2D eigenvalue weighted by Crippen LogP contribution is 2.59. The molecule has 0 aromatic carbocycles. The third-order valence-corrected chi connectivity index (χ3v) is 7.77. The molecule has 7 unspecified atom stereocenters. The molecule has 5 aliphatic rings. The van der Waals surface area contributed by atoms with Crippen LogP contribution in [-0.2, 0) is 38.1 Å². The van der Waals surface area contributed by atoms with E-state index in [0.29, 0.717) is 39.1 Å². The first-order valence-electron chi connectivity index (χ1n) is 12.1. The minimum Gasteiger partial charge on any atom is -0.458 e. The van der Waals surface area contributed by atoms with Crippen LogP contribution in [-0.4, -0.2) is 80.3 Å². The number of morpholine rings is 1. The average Bonchev–Trinajstić information content (AvgIpc) is 3.53. The average molecular weight is 452 g/mol. The zero-order valence-electron chi connectivity index (χ0n) is 18.6. The van der Waals surface area contributed by atoms with Crippen molar-refractivity contribution in [2.75, 3.05) is 32.8 Å². The van der Waals surface area contributed by atoms with Gasteiger partial charge in [0.15, 0.2) is 0 Å². The summed E-state index contributed by atoms with van der Waals surface area (Å²) in [7, 11) is 0. The lowest BCUT2D eigenvalue weighted by Gasteiger charge is -2.32. The van der Waals surface area contributed by atoms with Crippen LogP contribution >= 0.6 is 0 Å². The van der Waals surface area contributed by atoms with Gasteiger partial charge in [0.25, 0.3) is 0 Å². The number of nitrogens with zero attached hydrogens (tertiary/aromatic N) is 1. The van der Waals surface area contributed by atoms with Crippen molar-refractivity contribution in [1.29, 1.82) is 0 Å². The number of rotatable bonds is 8. The molecule has 0 spiro atoms. The summed E-state index contributed by atoms with van der Waals surface area (Å²) in [6, 6.07) is 0. The van der Waals surface area contributed by atoms with Crippen LogP contribution in [0.15, 0.2) is 0 Å². The molecule has 0 radical (unpaired) electrons. The predicted molar refractivity (Wildman–Crippen MR) is 109 cm³/mol. The molecule has 0 aromatic rings. The summed E-state index contributed by atoms with van der Waals surface area (Å²) in [5, 5.41) is 0. The fourth-order valence-electron chi connectivity index (χ4n) is 6.25. The number of carbonyl (C=O) groups is 3. The fourth-order valence-corrected chi connectivity index (χ4v) is 6.25. The Kier molecular flexibility index (Phi) is 6.40. The van der Waals surface area contributed by atoms with Crippen molar-refractivity contribution in [3.63, 3.8) is 0 Å². The zero-order valence-corrected chi connectivity index (χ0v) is 18.6. The van der Waals surface area contributed by atoms with E-state index >= 15 is 0 Å². The first kappa shape index (κ1) is 22.1. The molecule has 2 bridgehead atoms. The molecule has 7 atom stereocenters. The number of esters is 3. The van der Waals surface area contributed by atoms with Crippen LogP contribution in [0, 0.1) is 23.7 Å². The van der Waals surface area contributed by atoms with Crippen molar-refractivity contribution in [1.82, 2.24) is 4.90 Å². The van der Waals surface area contributed by atoms with Gasteiger partial charge in [0, 0.05) is 31.3 Å². The van der Waals surface area contributed by atoms with E-state index in [9.17, 15) is 14.4 Å². The van der Waals surface area contributed by atoms with Crippen LogP contribution in [0.5, 0.6) is 0 Å². The topological polar surface area (TPSA) is 101 Å². The first-order valence-corrected chi connectivity index (χ1v) is 12.1. The summed E-state index contributed by atoms with van der Waals surface area (Å²) in [6.45, 7) is 4.65. The van der Waals surface area contributed by atoms with Crippen LogP contribution in [0.1, 0.15) is 45.4 Å². The third-order valence-electron chi connectivity index (χ3n) is 7.77. The summed E-state index contributed by atoms with van der Waals surface area (Å²) >= 11 is 0.